The van der Waals surface area contributed by atoms with Crippen LogP contribution < -0.4 is 16.4 Å². The van der Waals surface area contributed by atoms with E-state index in [2.05, 4.69) is 10.6 Å². The first-order valence-corrected chi connectivity index (χ1v) is 9.29. The number of anilines is 2. The highest BCUT2D eigenvalue weighted by Gasteiger charge is 2.44. The molecule has 0 aromatic heterocycles. The van der Waals surface area contributed by atoms with Crippen LogP contribution in [-0.2, 0) is 16.1 Å². The van der Waals surface area contributed by atoms with E-state index in [0.717, 1.165) is 16.0 Å². The number of imide groups is 2. The Morgan fingerprint density at radius 3 is 2.55 bits per heavy atom. The maximum Gasteiger partial charge on any atom is 0.262 e. The highest BCUT2D eigenvalue weighted by atomic mass is 16.2. The van der Waals surface area contributed by atoms with E-state index >= 15 is 0 Å². The van der Waals surface area contributed by atoms with Gasteiger partial charge >= 0.3 is 0 Å². The van der Waals surface area contributed by atoms with Gasteiger partial charge < -0.3 is 11.1 Å². The van der Waals surface area contributed by atoms with Crippen molar-refractivity contribution in [3.8, 4) is 0 Å². The Morgan fingerprint density at radius 1 is 1.07 bits per heavy atom. The molecule has 4 amide bonds. The number of carbonyl (C=O) groups excluding carboxylic acids is 4. The number of nitrogens with one attached hydrogen (secondary N) is 2. The monoisotopic (exact) mass is 392 g/mol. The van der Waals surface area contributed by atoms with Crippen LogP contribution in [0.1, 0.15) is 44.7 Å². The van der Waals surface area contributed by atoms with Crippen molar-refractivity contribution in [2.75, 3.05) is 11.1 Å². The van der Waals surface area contributed by atoms with Crippen molar-refractivity contribution in [2.45, 2.75) is 32.4 Å². The summed E-state index contributed by atoms with van der Waals surface area (Å²) in [5, 5.41) is 5.41. The Balaban J connectivity index is 1.54. The number of carbonyl (C=O) groups is 4. The third kappa shape index (κ3) is 3.44. The molecule has 4 N–H and O–H groups in total. The van der Waals surface area contributed by atoms with Gasteiger partial charge in [0, 0.05) is 24.3 Å². The lowest BCUT2D eigenvalue weighted by atomic mass is 10.0. The van der Waals surface area contributed by atoms with Crippen LogP contribution in [0.4, 0.5) is 11.4 Å². The smallest absolute Gasteiger partial charge is 0.262 e. The number of fused-ring (bicyclic) bond motifs is 1. The van der Waals surface area contributed by atoms with Gasteiger partial charge in [0.05, 0.1) is 11.1 Å². The second-order valence-corrected chi connectivity index (χ2v) is 7.31. The SMILES string of the molecule is Cc1cc(N)cc(CNc2ccc3c(c2)C(=O)N(C2CCC(=O)NC2=O)C3=O)c1. The Bertz CT molecular complexity index is 1040. The van der Waals surface area contributed by atoms with E-state index in [4.69, 9.17) is 5.73 Å². The largest absolute Gasteiger partial charge is 0.399 e. The quantitative estimate of drug-likeness (QED) is 0.537. The minimum absolute atomic E-state index is 0.0935. The van der Waals surface area contributed by atoms with E-state index < -0.39 is 29.7 Å². The lowest BCUT2D eigenvalue weighted by molar-refractivity contribution is -0.136. The van der Waals surface area contributed by atoms with Gasteiger partial charge in [-0.05, 0) is 54.8 Å². The van der Waals surface area contributed by atoms with Crippen molar-refractivity contribution in [3.05, 3.63) is 58.7 Å². The summed E-state index contributed by atoms with van der Waals surface area (Å²) in [5.41, 5.74) is 9.77. The first-order valence-electron chi connectivity index (χ1n) is 9.29. The average molecular weight is 392 g/mol. The minimum atomic E-state index is -0.966. The Hall–Kier alpha value is -3.68. The Kier molecular flexibility index (Phi) is 4.54. The molecule has 2 aliphatic heterocycles. The van der Waals surface area contributed by atoms with Crippen molar-refractivity contribution in [1.29, 1.82) is 0 Å². The van der Waals surface area contributed by atoms with Gasteiger partial charge in [-0.15, -0.1) is 0 Å². The number of nitrogens with zero attached hydrogens (tertiary/aromatic N) is 1. The molecular weight excluding hydrogens is 372 g/mol. The second-order valence-electron chi connectivity index (χ2n) is 7.31. The number of hydrogen-bond donors (Lipinski definition) is 3. The van der Waals surface area contributed by atoms with E-state index in [1.807, 2.05) is 25.1 Å². The summed E-state index contributed by atoms with van der Waals surface area (Å²) in [6.45, 7) is 2.47. The first-order chi connectivity index (χ1) is 13.8. The fraction of sp³-hybridized carbons (Fsp3) is 0.238. The molecule has 8 nitrogen and oxygen atoms in total. The van der Waals surface area contributed by atoms with Crippen LogP contribution in [-0.4, -0.2) is 34.6 Å². The van der Waals surface area contributed by atoms with Gasteiger partial charge in [0.25, 0.3) is 11.8 Å². The second kappa shape index (κ2) is 7.05. The molecule has 2 aromatic carbocycles. The van der Waals surface area contributed by atoms with Crippen LogP contribution in [0.3, 0.4) is 0 Å². The molecule has 0 bridgehead atoms. The van der Waals surface area contributed by atoms with Crippen molar-refractivity contribution in [1.82, 2.24) is 10.2 Å². The summed E-state index contributed by atoms with van der Waals surface area (Å²) < 4.78 is 0. The van der Waals surface area contributed by atoms with Crippen molar-refractivity contribution in [2.24, 2.45) is 0 Å². The Morgan fingerprint density at radius 2 is 1.83 bits per heavy atom. The van der Waals surface area contributed by atoms with Gasteiger partial charge in [-0.3, -0.25) is 29.4 Å². The lowest BCUT2D eigenvalue weighted by Crippen LogP contribution is -2.54. The molecule has 0 aliphatic carbocycles. The number of amides is 4. The van der Waals surface area contributed by atoms with Crippen molar-refractivity contribution >= 4 is 35.0 Å². The fourth-order valence-electron chi connectivity index (χ4n) is 3.78. The van der Waals surface area contributed by atoms with Crippen LogP contribution in [0.2, 0.25) is 0 Å². The summed E-state index contributed by atoms with van der Waals surface area (Å²) in [4.78, 5) is 50.0. The molecule has 1 saturated heterocycles. The van der Waals surface area contributed by atoms with Gasteiger partial charge in [-0.2, -0.15) is 0 Å². The third-order valence-electron chi connectivity index (χ3n) is 5.10. The molecule has 29 heavy (non-hydrogen) atoms. The molecule has 8 heteroatoms. The van der Waals surface area contributed by atoms with Gasteiger partial charge in [-0.25, -0.2) is 0 Å². The normalized spacial score (nSPS) is 18.7. The molecule has 1 unspecified atom stereocenters. The molecular formula is C21H20N4O4. The molecule has 0 spiro atoms. The summed E-state index contributed by atoms with van der Waals surface area (Å²) in [5.74, 6) is -2.06. The zero-order valence-electron chi connectivity index (χ0n) is 15.8. The van der Waals surface area contributed by atoms with Crippen molar-refractivity contribution < 1.29 is 19.2 Å². The predicted molar refractivity (Wildman–Crippen MR) is 106 cm³/mol. The summed E-state index contributed by atoms with van der Waals surface area (Å²) in [7, 11) is 0. The molecule has 0 saturated carbocycles. The van der Waals surface area contributed by atoms with Crippen molar-refractivity contribution in [3.63, 3.8) is 0 Å². The summed E-state index contributed by atoms with van der Waals surface area (Å²) >= 11 is 0. The predicted octanol–water partition coefficient (Wildman–Crippen LogP) is 1.59. The van der Waals surface area contributed by atoms with Gasteiger partial charge in [0.1, 0.15) is 6.04 Å². The molecule has 4 rings (SSSR count). The molecule has 2 heterocycles. The van der Waals surface area contributed by atoms with Crippen LogP contribution in [0, 0.1) is 6.92 Å². The standard InChI is InChI=1S/C21H20N4O4/c1-11-6-12(8-13(22)7-11)10-23-14-2-3-15-16(9-14)21(29)25(20(15)28)17-4-5-18(26)24-19(17)27/h2-3,6-9,17,23H,4-5,10,22H2,1H3,(H,24,26,27). The fourth-order valence-corrected chi connectivity index (χ4v) is 3.78. The molecule has 0 radical (unpaired) electrons. The van der Waals surface area contributed by atoms with E-state index in [1.165, 1.54) is 0 Å². The summed E-state index contributed by atoms with van der Waals surface area (Å²) in [6.07, 6.45) is 0.228. The lowest BCUT2D eigenvalue weighted by Gasteiger charge is -2.27. The number of benzene rings is 2. The van der Waals surface area contributed by atoms with E-state index in [1.54, 1.807) is 18.2 Å². The molecule has 148 valence electrons. The first kappa shape index (κ1) is 18.7. The molecule has 1 fully saturated rings. The minimum Gasteiger partial charge on any atom is -0.399 e. The number of hydrogen-bond acceptors (Lipinski definition) is 6. The molecule has 1 atom stereocenters. The number of aryl methyl sites for hydroxylation is 1. The summed E-state index contributed by atoms with van der Waals surface area (Å²) in [6, 6.07) is 9.70. The van der Waals surface area contributed by atoms with Crippen LogP contribution >= 0.6 is 0 Å². The average Bonchev–Trinajstić information content (AvgIpc) is 2.90. The zero-order chi connectivity index (χ0) is 20.7. The van der Waals surface area contributed by atoms with Crippen LogP contribution in [0.15, 0.2) is 36.4 Å². The maximum atomic E-state index is 12.8. The number of nitrogen functional groups attached to an aromatic ring is 1. The maximum absolute atomic E-state index is 12.8. The van der Waals surface area contributed by atoms with Gasteiger partial charge in [0.2, 0.25) is 11.8 Å². The highest BCUT2D eigenvalue weighted by Crippen LogP contribution is 2.29. The van der Waals surface area contributed by atoms with Crippen LogP contribution in [0.5, 0.6) is 0 Å². The topological polar surface area (TPSA) is 122 Å². The van der Waals surface area contributed by atoms with E-state index in [0.29, 0.717) is 17.9 Å². The highest BCUT2D eigenvalue weighted by molar-refractivity contribution is 6.23. The zero-order valence-corrected chi connectivity index (χ0v) is 15.8. The number of rotatable bonds is 4. The number of nitrogens with two attached hydrogens (primary N) is 1. The molecule has 2 aromatic rings. The number of piperidine rings is 1. The Labute approximate surface area is 167 Å². The third-order valence-corrected chi connectivity index (χ3v) is 5.10. The molecule has 2 aliphatic rings. The van der Waals surface area contributed by atoms with E-state index in [-0.39, 0.29) is 24.0 Å². The van der Waals surface area contributed by atoms with Crippen LogP contribution in [0.25, 0.3) is 0 Å². The van der Waals surface area contributed by atoms with E-state index in [9.17, 15) is 19.2 Å². The van der Waals surface area contributed by atoms with Gasteiger partial charge in [0.15, 0.2) is 0 Å². The van der Waals surface area contributed by atoms with Gasteiger partial charge in [-0.1, -0.05) is 6.07 Å².